The van der Waals surface area contributed by atoms with Gasteiger partial charge in [-0.3, -0.25) is 9.59 Å². The summed E-state index contributed by atoms with van der Waals surface area (Å²) >= 11 is 3.32. The highest BCUT2D eigenvalue weighted by molar-refractivity contribution is 9.10. The number of hydrogen-bond acceptors (Lipinski definition) is 3. The van der Waals surface area contributed by atoms with Crippen LogP contribution in [0.5, 0.6) is 0 Å². The lowest BCUT2D eigenvalue weighted by atomic mass is 10.1. The maximum Gasteiger partial charge on any atom is 0.252 e. The molecule has 0 heterocycles. The first-order chi connectivity index (χ1) is 12.6. The number of carbonyl (C=O) groups excluding carboxylic acids is 2. The third-order valence-corrected chi connectivity index (χ3v) is 4.50. The fourth-order valence-corrected chi connectivity index (χ4v) is 2.81. The SMILES string of the molecule is CC(OCCCNC(=O)CNC(=O)c1ccccc1Br)c1ccccc1. The summed E-state index contributed by atoms with van der Waals surface area (Å²) in [6.07, 6.45) is 0.733. The summed E-state index contributed by atoms with van der Waals surface area (Å²) in [6, 6.07) is 17.1. The highest BCUT2D eigenvalue weighted by Gasteiger charge is 2.10. The number of amides is 2. The minimum absolute atomic E-state index is 0.0236. The van der Waals surface area contributed by atoms with Crippen molar-refractivity contribution in [3.63, 3.8) is 0 Å². The molecule has 0 aliphatic rings. The maximum absolute atomic E-state index is 12.0. The number of ether oxygens (including phenoxy) is 1. The smallest absolute Gasteiger partial charge is 0.252 e. The molecule has 0 saturated carbocycles. The van der Waals surface area contributed by atoms with Gasteiger partial charge in [-0.15, -0.1) is 0 Å². The molecule has 0 spiro atoms. The van der Waals surface area contributed by atoms with E-state index in [0.717, 1.165) is 5.56 Å². The van der Waals surface area contributed by atoms with Gasteiger partial charge in [-0.1, -0.05) is 42.5 Å². The molecule has 2 N–H and O–H groups in total. The second-order valence-corrected chi connectivity index (χ2v) is 6.64. The van der Waals surface area contributed by atoms with Crippen LogP contribution in [0.4, 0.5) is 0 Å². The third-order valence-electron chi connectivity index (χ3n) is 3.81. The normalized spacial score (nSPS) is 11.6. The lowest BCUT2D eigenvalue weighted by Crippen LogP contribution is -2.37. The lowest BCUT2D eigenvalue weighted by molar-refractivity contribution is -0.120. The summed E-state index contributed by atoms with van der Waals surface area (Å²) in [5.41, 5.74) is 1.63. The van der Waals surface area contributed by atoms with Gasteiger partial charge in [0.15, 0.2) is 0 Å². The summed E-state index contributed by atoms with van der Waals surface area (Å²) in [7, 11) is 0. The van der Waals surface area contributed by atoms with E-state index in [1.165, 1.54) is 0 Å². The Hall–Kier alpha value is -2.18. The molecule has 0 aliphatic carbocycles. The van der Waals surface area contributed by atoms with Gasteiger partial charge in [0.05, 0.1) is 18.2 Å². The Morgan fingerprint density at radius 1 is 1.04 bits per heavy atom. The van der Waals surface area contributed by atoms with Crippen LogP contribution in [-0.4, -0.2) is 31.5 Å². The van der Waals surface area contributed by atoms with Crippen molar-refractivity contribution in [3.05, 3.63) is 70.2 Å². The van der Waals surface area contributed by atoms with Crippen molar-refractivity contribution >= 4 is 27.7 Å². The van der Waals surface area contributed by atoms with E-state index in [1.807, 2.05) is 43.3 Å². The van der Waals surface area contributed by atoms with E-state index < -0.39 is 0 Å². The van der Waals surface area contributed by atoms with Gasteiger partial charge in [0, 0.05) is 17.6 Å². The molecule has 2 amide bonds. The molecule has 1 unspecified atom stereocenters. The first-order valence-electron chi connectivity index (χ1n) is 8.54. The van der Waals surface area contributed by atoms with Crippen molar-refractivity contribution in [2.75, 3.05) is 19.7 Å². The van der Waals surface area contributed by atoms with Crippen molar-refractivity contribution in [1.82, 2.24) is 10.6 Å². The minimum Gasteiger partial charge on any atom is -0.374 e. The van der Waals surface area contributed by atoms with Crippen LogP contribution in [0.25, 0.3) is 0 Å². The van der Waals surface area contributed by atoms with E-state index in [0.29, 0.717) is 29.6 Å². The van der Waals surface area contributed by atoms with Crippen LogP contribution in [0.3, 0.4) is 0 Å². The molecule has 0 aromatic heterocycles. The van der Waals surface area contributed by atoms with Gasteiger partial charge in [0.25, 0.3) is 5.91 Å². The average Bonchev–Trinajstić information content (AvgIpc) is 2.66. The van der Waals surface area contributed by atoms with Crippen LogP contribution in [0.2, 0.25) is 0 Å². The standard InChI is InChI=1S/C20H23BrN2O3/c1-15(16-8-3-2-4-9-16)26-13-7-12-22-19(24)14-23-20(25)17-10-5-6-11-18(17)21/h2-6,8-11,15H,7,12-14H2,1H3,(H,22,24)(H,23,25). The number of carbonyl (C=O) groups is 2. The van der Waals surface area contributed by atoms with E-state index in [9.17, 15) is 9.59 Å². The Morgan fingerprint density at radius 2 is 1.73 bits per heavy atom. The van der Waals surface area contributed by atoms with Crippen molar-refractivity contribution in [3.8, 4) is 0 Å². The van der Waals surface area contributed by atoms with Crippen LogP contribution in [0, 0.1) is 0 Å². The first-order valence-corrected chi connectivity index (χ1v) is 9.33. The predicted molar refractivity (Wildman–Crippen MR) is 105 cm³/mol. The van der Waals surface area contributed by atoms with Gasteiger partial charge in [-0.2, -0.15) is 0 Å². The Morgan fingerprint density at radius 3 is 2.46 bits per heavy atom. The topological polar surface area (TPSA) is 67.4 Å². The fourth-order valence-electron chi connectivity index (χ4n) is 2.34. The van der Waals surface area contributed by atoms with E-state index in [4.69, 9.17) is 4.74 Å². The van der Waals surface area contributed by atoms with Gasteiger partial charge >= 0.3 is 0 Å². The Labute approximate surface area is 162 Å². The Balaban J connectivity index is 1.59. The zero-order chi connectivity index (χ0) is 18.8. The molecule has 1 atom stereocenters. The minimum atomic E-state index is -0.285. The molecule has 2 aromatic rings. The molecule has 2 rings (SSSR count). The Bertz CT molecular complexity index is 722. The number of rotatable bonds is 9. The quantitative estimate of drug-likeness (QED) is 0.612. The number of benzene rings is 2. The molecule has 0 bridgehead atoms. The third kappa shape index (κ3) is 6.61. The number of halogens is 1. The van der Waals surface area contributed by atoms with Crippen molar-refractivity contribution in [1.29, 1.82) is 0 Å². The summed E-state index contributed by atoms with van der Waals surface area (Å²) < 4.78 is 6.45. The van der Waals surface area contributed by atoms with Crippen LogP contribution in [0.15, 0.2) is 59.1 Å². The maximum atomic E-state index is 12.0. The van der Waals surface area contributed by atoms with Crippen LogP contribution >= 0.6 is 15.9 Å². The second-order valence-electron chi connectivity index (χ2n) is 5.79. The van der Waals surface area contributed by atoms with Crippen molar-refractivity contribution in [2.45, 2.75) is 19.4 Å². The molecule has 26 heavy (non-hydrogen) atoms. The van der Waals surface area contributed by atoms with Crippen molar-refractivity contribution in [2.24, 2.45) is 0 Å². The highest BCUT2D eigenvalue weighted by atomic mass is 79.9. The number of nitrogens with one attached hydrogen (secondary N) is 2. The monoisotopic (exact) mass is 418 g/mol. The van der Waals surface area contributed by atoms with Crippen LogP contribution < -0.4 is 10.6 Å². The average molecular weight is 419 g/mol. The molecule has 2 aromatic carbocycles. The molecule has 138 valence electrons. The zero-order valence-corrected chi connectivity index (χ0v) is 16.3. The van der Waals surface area contributed by atoms with Crippen molar-refractivity contribution < 1.29 is 14.3 Å². The predicted octanol–water partition coefficient (Wildman–Crippen LogP) is 3.46. The van der Waals surface area contributed by atoms with Crippen LogP contribution in [0.1, 0.15) is 35.4 Å². The van der Waals surface area contributed by atoms with Gasteiger partial charge < -0.3 is 15.4 Å². The summed E-state index contributed by atoms with van der Waals surface area (Å²) in [4.78, 5) is 23.8. The largest absolute Gasteiger partial charge is 0.374 e. The summed E-state index contributed by atoms with van der Waals surface area (Å²) in [5.74, 6) is -0.505. The lowest BCUT2D eigenvalue weighted by Gasteiger charge is -2.13. The van der Waals surface area contributed by atoms with Gasteiger partial charge in [0.2, 0.25) is 5.91 Å². The van der Waals surface area contributed by atoms with E-state index in [2.05, 4.69) is 26.6 Å². The van der Waals surface area contributed by atoms with Gasteiger partial charge in [-0.05, 0) is 47.0 Å². The Kier molecular flexibility index (Phi) is 8.31. The summed E-state index contributed by atoms with van der Waals surface area (Å²) in [5, 5.41) is 5.38. The molecule has 5 nitrogen and oxygen atoms in total. The van der Waals surface area contributed by atoms with Gasteiger partial charge in [-0.25, -0.2) is 0 Å². The molecule has 0 radical (unpaired) electrons. The second kappa shape index (κ2) is 10.7. The number of hydrogen-bond donors (Lipinski definition) is 2. The molecule has 0 fully saturated rings. The van der Waals surface area contributed by atoms with E-state index in [-0.39, 0.29) is 24.5 Å². The van der Waals surface area contributed by atoms with Gasteiger partial charge in [0.1, 0.15) is 0 Å². The van der Waals surface area contributed by atoms with Crippen LogP contribution in [-0.2, 0) is 9.53 Å². The summed E-state index contributed by atoms with van der Waals surface area (Å²) in [6.45, 7) is 3.01. The zero-order valence-electron chi connectivity index (χ0n) is 14.7. The molecular weight excluding hydrogens is 396 g/mol. The highest BCUT2D eigenvalue weighted by Crippen LogP contribution is 2.16. The van der Waals surface area contributed by atoms with E-state index >= 15 is 0 Å². The van der Waals surface area contributed by atoms with E-state index in [1.54, 1.807) is 18.2 Å². The molecule has 0 saturated heterocycles. The molecule has 0 aliphatic heterocycles. The first kappa shape index (κ1) is 20.1. The fraction of sp³-hybridized carbons (Fsp3) is 0.300. The molecule has 6 heteroatoms. The molecular formula is C20H23BrN2O3.